The van der Waals surface area contributed by atoms with Crippen LogP contribution in [0.15, 0.2) is 4.99 Å². The molecule has 15 heavy (non-hydrogen) atoms. The first-order chi connectivity index (χ1) is 6.93. The predicted octanol–water partition coefficient (Wildman–Crippen LogP) is 3.62. The smallest absolute Gasteiger partial charge is 0.156 e. The zero-order valence-corrected chi connectivity index (χ0v) is 12.2. The van der Waals surface area contributed by atoms with E-state index in [0.717, 1.165) is 13.1 Å². The Bertz CT molecular complexity index is 174. The molecule has 4 heteroatoms. The van der Waals surface area contributed by atoms with Crippen LogP contribution in [0.3, 0.4) is 0 Å². The van der Waals surface area contributed by atoms with Crippen LogP contribution in [-0.2, 0) is 0 Å². The Hall–Kier alpha value is 0.300. The van der Waals surface area contributed by atoms with Gasteiger partial charge in [-0.1, -0.05) is 37.9 Å². The maximum atomic E-state index is 4.51. The largest absolute Gasteiger partial charge is 0.365 e. The van der Waals surface area contributed by atoms with Crippen molar-refractivity contribution >= 4 is 33.9 Å². The average Bonchev–Trinajstić information content (AvgIpc) is 2.46. The van der Waals surface area contributed by atoms with Crippen LogP contribution >= 0.6 is 28.7 Å². The first kappa shape index (κ1) is 15.3. The Morgan fingerprint density at radius 3 is 2.93 bits per heavy atom. The third kappa shape index (κ3) is 8.14. The van der Waals surface area contributed by atoms with Crippen molar-refractivity contribution in [2.24, 2.45) is 4.99 Å². The van der Waals surface area contributed by atoms with Gasteiger partial charge in [0, 0.05) is 18.8 Å². The van der Waals surface area contributed by atoms with E-state index in [9.17, 15) is 0 Å². The van der Waals surface area contributed by atoms with Crippen LogP contribution in [0.5, 0.6) is 0 Å². The fraction of sp³-hybridized carbons (Fsp3) is 0.909. The molecule has 0 aromatic heterocycles. The van der Waals surface area contributed by atoms with Crippen molar-refractivity contribution in [1.29, 1.82) is 0 Å². The van der Waals surface area contributed by atoms with Gasteiger partial charge in [-0.05, 0) is 19.3 Å². The van der Waals surface area contributed by atoms with E-state index < -0.39 is 0 Å². The van der Waals surface area contributed by atoms with Gasteiger partial charge >= 0.3 is 0 Å². The molecule has 0 unspecified atom stereocenters. The van der Waals surface area contributed by atoms with Crippen LogP contribution in [0.2, 0.25) is 0 Å². The standard InChI is InChI=1S/C11H22N2S.BrH/c1-2-3-4-7-10-14-11-12-8-5-6-9-13-11;/h2-10H2,1H3,(H,12,13);1H. The molecule has 1 rings (SSSR count). The van der Waals surface area contributed by atoms with Gasteiger partial charge < -0.3 is 5.32 Å². The molecule has 0 aromatic carbocycles. The maximum absolute atomic E-state index is 4.51. The van der Waals surface area contributed by atoms with Crippen molar-refractivity contribution in [2.45, 2.75) is 45.4 Å². The maximum Gasteiger partial charge on any atom is 0.156 e. The molecule has 0 saturated heterocycles. The lowest BCUT2D eigenvalue weighted by Gasteiger charge is -2.05. The molecule has 2 nitrogen and oxygen atoms in total. The van der Waals surface area contributed by atoms with Crippen molar-refractivity contribution in [1.82, 2.24) is 5.32 Å². The highest BCUT2D eigenvalue weighted by Crippen LogP contribution is 2.10. The lowest BCUT2D eigenvalue weighted by Crippen LogP contribution is -2.20. The van der Waals surface area contributed by atoms with Crippen molar-refractivity contribution in [2.75, 3.05) is 18.8 Å². The van der Waals surface area contributed by atoms with Crippen LogP contribution in [0.4, 0.5) is 0 Å². The monoisotopic (exact) mass is 294 g/mol. The van der Waals surface area contributed by atoms with Crippen LogP contribution in [0.25, 0.3) is 0 Å². The molecule has 0 aromatic rings. The normalized spacial score (nSPS) is 15.9. The number of hydrogen-bond acceptors (Lipinski definition) is 3. The number of nitrogens with one attached hydrogen (secondary N) is 1. The molecule has 0 radical (unpaired) electrons. The molecule has 0 aliphatic carbocycles. The van der Waals surface area contributed by atoms with Crippen molar-refractivity contribution in [3.63, 3.8) is 0 Å². The van der Waals surface area contributed by atoms with Gasteiger partial charge in [-0.3, -0.25) is 4.99 Å². The topological polar surface area (TPSA) is 24.4 Å². The number of amidine groups is 1. The highest BCUT2D eigenvalue weighted by Gasteiger charge is 2.02. The fourth-order valence-electron chi connectivity index (χ4n) is 1.46. The van der Waals surface area contributed by atoms with E-state index in [-0.39, 0.29) is 17.0 Å². The van der Waals surface area contributed by atoms with E-state index in [4.69, 9.17) is 0 Å². The summed E-state index contributed by atoms with van der Waals surface area (Å²) in [4.78, 5) is 4.51. The summed E-state index contributed by atoms with van der Waals surface area (Å²) >= 11 is 1.90. The lowest BCUT2D eigenvalue weighted by molar-refractivity contribution is 0.707. The number of nitrogens with zero attached hydrogens (tertiary/aromatic N) is 1. The van der Waals surface area contributed by atoms with Gasteiger partial charge in [0.1, 0.15) is 0 Å². The lowest BCUT2D eigenvalue weighted by atomic mass is 10.2. The van der Waals surface area contributed by atoms with E-state index in [1.165, 1.54) is 49.4 Å². The van der Waals surface area contributed by atoms with Crippen LogP contribution in [0.1, 0.15) is 45.4 Å². The minimum Gasteiger partial charge on any atom is -0.365 e. The van der Waals surface area contributed by atoms with E-state index in [0.29, 0.717) is 0 Å². The zero-order chi connectivity index (χ0) is 10.1. The Morgan fingerprint density at radius 1 is 1.27 bits per heavy atom. The molecule has 1 aliphatic rings. The Morgan fingerprint density at radius 2 is 2.13 bits per heavy atom. The van der Waals surface area contributed by atoms with Crippen molar-refractivity contribution in [3.8, 4) is 0 Å². The molecule has 0 bridgehead atoms. The predicted molar refractivity (Wildman–Crippen MR) is 76.5 cm³/mol. The second-order valence-electron chi connectivity index (χ2n) is 3.73. The third-order valence-electron chi connectivity index (χ3n) is 2.35. The molecule has 0 amide bonds. The molecule has 0 spiro atoms. The highest BCUT2D eigenvalue weighted by atomic mass is 79.9. The van der Waals surface area contributed by atoms with Gasteiger partial charge in [0.05, 0.1) is 0 Å². The van der Waals surface area contributed by atoms with E-state index in [2.05, 4.69) is 17.2 Å². The summed E-state index contributed by atoms with van der Waals surface area (Å²) in [6, 6.07) is 0. The summed E-state index contributed by atoms with van der Waals surface area (Å²) in [6.07, 6.45) is 7.91. The number of rotatable bonds is 5. The molecule has 0 atom stereocenters. The minimum atomic E-state index is 0. The summed E-state index contributed by atoms with van der Waals surface area (Å²) in [5.74, 6) is 1.23. The van der Waals surface area contributed by atoms with Gasteiger partial charge in [-0.15, -0.1) is 17.0 Å². The van der Waals surface area contributed by atoms with Crippen LogP contribution < -0.4 is 5.32 Å². The summed E-state index contributed by atoms with van der Waals surface area (Å²) in [7, 11) is 0. The quantitative estimate of drug-likeness (QED) is 0.783. The molecule has 0 fully saturated rings. The van der Waals surface area contributed by atoms with Crippen LogP contribution in [0, 0.1) is 0 Å². The van der Waals surface area contributed by atoms with Crippen molar-refractivity contribution in [3.05, 3.63) is 0 Å². The van der Waals surface area contributed by atoms with E-state index >= 15 is 0 Å². The summed E-state index contributed by atoms with van der Waals surface area (Å²) in [5.41, 5.74) is 0. The summed E-state index contributed by atoms with van der Waals surface area (Å²) in [5, 5.41) is 4.57. The van der Waals surface area contributed by atoms with Gasteiger partial charge in [0.15, 0.2) is 5.17 Å². The highest BCUT2D eigenvalue weighted by molar-refractivity contribution is 8.93. The minimum absolute atomic E-state index is 0. The number of hydrogen-bond donors (Lipinski definition) is 1. The third-order valence-corrected chi connectivity index (χ3v) is 3.39. The number of unbranched alkanes of at least 4 members (excludes halogenated alkanes) is 3. The molecular weight excluding hydrogens is 272 g/mol. The van der Waals surface area contributed by atoms with Crippen molar-refractivity contribution < 1.29 is 0 Å². The van der Waals surface area contributed by atoms with E-state index in [1.54, 1.807) is 0 Å². The van der Waals surface area contributed by atoms with Gasteiger partial charge in [0.2, 0.25) is 0 Å². The Balaban J connectivity index is 0.00000196. The van der Waals surface area contributed by atoms with Gasteiger partial charge in [-0.2, -0.15) is 0 Å². The average molecular weight is 295 g/mol. The second-order valence-corrected chi connectivity index (χ2v) is 4.81. The van der Waals surface area contributed by atoms with Crippen LogP contribution in [-0.4, -0.2) is 24.0 Å². The molecule has 1 heterocycles. The van der Waals surface area contributed by atoms with Gasteiger partial charge in [-0.25, -0.2) is 0 Å². The molecule has 1 N–H and O–H groups in total. The van der Waals surface area contributed by atoms with E-state index in [1.807, 2.05) is 11.8 Å². The Labute approximate surface area is 108 Å². The van der Waals surface area contributed by atoms with Gasteiger partial charge in [0.25, 0.3) is 0 Å². The fourth-order valence-corrected chi connectivity index (χ4v) is 2.39. The molecule has 90 valence electrons. The zero-order valence-electron chi connectivity index (χ0n) is 9.63. The number of aliphatic imine (C=N–C) groups is 1. The Kier molecular flexibility index (Phi) is 11.0. The number of thioether (sulfide) groups is 1. The first-order valence-electron chi connectivity index (χ1n) is 5.84. The summed E-state index contributed by atoms with van der Waals surface area (Å²) in [6.45, 7) is 4.38. The molecule has 1 aliphatic heterocycles. The number of halogens is 1. The first-order valence-corrected chi connectivity index (χ1v) is 6.83. The SMILES string of the molecule is Br.CCCCCCSC1=NCCCCN1. The summed E-state index contributed by atoms with van der Waals surface area (Å²) < 4.78 is 0. The molecule has 0 saturated carbocycles. The molecular formula is C11H23BrN2S. The second kappa shape index (κ2) is 10.8.